The number of carbonyl (C=O) groups is 2. The lowest BCUT2D eigenvalue weighted by atomic mass is 10.1. The van der Waals surface area contributed by atoms with Crippen LogP contribution in [0.3, 0.4) is 0 Å². The standard InChI is InChI=1S/C22H16F2N4O2S/c23-17-10-18(24)19(9-16(17)21(25)29)27-22(30)13-4-6-15(7-5-13)31-12-14-11-28-8-2-1-3-20(28)26-14/h1-11H,12H2,(H2,25,29)(H,27,30). The number of rotatable bonds is 6. The second-order valence-electron chi connectivity index (χ2n) is 6.64. The molecule has 0 radical (unpaired) electrons. The van der Waals surface area contributed by atoms with Gasteiger partial charge in [0.1, 0.15) is 17.3 Å². The Morgan fingerprint density at radius 3 is 2.55 bits per heavy atom. The van der Waals surface area contributed by atoms with Gasteiger partial charge in [-0.3, -0.25) is 9.59 Å². The van der Waals surface area contributed by atoms with Crippen LogP contribution in [0.4, 0.5) is 14.5 Å². The van der Waals surface area contributed by atoms with Crippen LogP contribution in [-0.4, -0.2) is 21.2 Å². The Kier molecular flexibility index (Phi) is 5.68. The van der Waals surface area contributed by atoms with Crippen molar-refractivity contribution in [1.82, 2.24) is 9.38 Å². The third-order valence-electron chi connectivity index (χ3n) is 4.49. The van der Waals surface area contributed by atoms with Crippen LogP contribution in [-0.2, 0) is 5.75 Å². The van der Waals surface area contributed by atoms with Crippen LogP contribution >= 0.6 is 11.8 Å². The van der Waals surface area contributed by atoms with Gasteiger partial charge in [0.2, 0.25) is 0 Å². The Hall–Kier alpha value is -3.72. The van der Waals surface area contributed by atoms with E-state index < -0.39 is 29.0 Å². The lowest BCUT2D eigenvalue weighted by Gasteiger charge is -2.09. The fraction of sp³-hybridized carbons (Fsp3) is 0.0455. The number of imidazole rings is 1. The fourth-order valence-corrected chi connectivity index (χ4v) is 3.73. The molecular formula is C22H16F2N4O2S. The predicted molar refractivity (Wildman–Crippen MR) is 114 cm³/mol. The first-order chi connectivity index (χ1) is 14.9. The van der Waals surface area contributed by atoms with Crippen molar-refractivity contribution in [3.63, 3.8) is 0 Å². The van der Waals surface area contributed by atoms with E-state index in [0.29, 0.717) is 11.8 Å². The molecule has 0 spiro atoms. The molecule has 0 bridgehead atoms. The molecule has 0 unspecified atom stereocenters. The zero-order valence-electron chi connectivity index (χ0n) is 16.0. The molecule has 2 heterocycles. The van der Waals surface area contributed by atoms with Crippen LogP contribution in [0.25, 0.3) is 5.65 Å². The number of nitrogens with zero attached hydrogens (tertiary/aromatic N) is 2. The molecule has 0 aliphatic carbocycles. The highest BCUT2D eigenvalue weighted by Gasteiger charge is 2.16. The molecule has 31 heavy (non-hydrogen) atoms. The topological polar surface area (TPSA) is 89.5 Å². The first-order valence-electron chi connectivity index (χ1n) is 9.16. The minimum atomic E-state index is -1.09. The summed E-state index contributed by atoms with van der Waals surface area (Å²) in [4.78, 5) is 29.1. The van der Waals surface area contributed by atoms with Crippen LogP contribution in [0.1, 0.15) is 26.4 Å². The minimum absolute atomic E-state index is 0.279. The number of hydrogen-bond donors (Lipinski definition) is 2. The van der Waals surface area contributed by atoms with Gasteiger partial charge in [0.05, 0.1) is 16.9 Å². The lowest BCUT2D eigenvalue weighted by Crippen LogP contribution is -2.17. The number of pyridine rings is 1. The van der Waals surface area contributed by atoms with Crippen molar-refractivity contribution >= 4 is 34.9 Å². The monoisotopic (exact) mass is 438 g/mol. The van der Waals surface area contributed by atoms with Crippen molar-refractivity contribution in [2.24, 2.45) is 5.73 Å². The summed E-state index contributed by atoms with van der Waals surface area (Å²) < 4.78 is 29.5. The molecule has 0 saturated carbocycles. The van der Waals surface area contributed by atoms with E-state index in [0.717, 1.165) is 22.3 Å². The molecule has 0 atom stereocenters. The molecule has 4 rings (SSSR count). The maximum absolute atomic E-state index is 14.0. The Morgan fingerprint density at radius 2 is 1.84 bits per heavy atom. The van der Waals surface area contributed by atoms with Crippen molar-refractivity contribution in [3.05, 3.63) is 95.4 Å². The van der Waals surface area contributed by atoms with Gasteiger partial charge < -0.3 is 15.5 Å². The van der Waals surface area contributed by atoms with Crippen molar-refractivity contribution in [2.75, 3.05) is 5.32 Å². The summed E-state index contributed by atoms with van der Waals surface area (Å²) in [6.07, 6.45) is 3.89. The van der Waals surface area contributed by atoms with Crippen molar-refractivity contribution < 1.29 is 18.4 Å². The van der Waals surface area contributed by atoms with Gasteiger partial charge in [0, 0.05) is 34.7 Å². The quantitative estimate of drug-likeness (QED) is 0.440. The molecule has 156 valence electrons. The maximum atomic E-state index is 14.0. The summed E-state index contributed by atoms with van der Waals surface area (Å²) in [7, 11) is 0. The largest absolute Gasteiger partial charge is 0.366 e. The predicted octanol–water partition coefficient (Wildman–Crippen LogP) is 4.26. The normalized spacial score (nSPS) is 10.9. The number of amides is 2. The second-order valence-corrected chi connectivity index (χ2v) is 7.69. The van der Waals surface area contributed by atoms with E-state index in [1.165, 1.54) is 0 Å². The zero-order valence-corrected chi connectivity index (χ0v) is 16.8. The molecule has 0 aliphatic heterocycles. The SMILES string of the molecule is NC(=O)c1cc(NC(=O)c2ccc(SCc3cn4ccccc4n3)cc2)c(F)cc1F. The van der Waals surface area contributed by atoms with E-state index in [9.17, 15) is 18.4 Å². The highest BCUT2D eigenvalue weighted by Crippen LogP contribution is 2.24. The van der Waals surface area contributed by atoms with Crippen molar-refractivity contribution in [3.8, 4) is 0 Å². The number of nitrogens with one attached hydrogen (secondary N) is 1. The molecule has 0 saturated heterocycles. The minimum Gasteiger partial charge on any atom is -0.366 e. The number of thioether (sulfide) groups is 1. The molecule has 0 aliphatic rings. The number of benzene rings is 2. The van der Waals surface area contributed by atoms with Gasteiger partial charge in [-0.1, -0.05) is 6.07 Å². The molecule has 0 fully saturated rings. The number of aromatic nitrogens is 2. The number of fused-ring (bicyclic) bond motifs is 1. The van der Waals surface area contributed by atoms with Crippen LogP contribution in [0, 0.1) is 11.6 Å². The van der Waals surface area contributed by atoms with Gasteiger partial charge in [0.15, 0.2) is 0 Å². The number of nitrogens with two attached hydrogens (primary N) is 1. The van der Waals surface area contributed by atoms with Gasteiger partial charge in [-0.05, 0) is 42.5 Å². The van der Waals surface area contributed by atoms with Gasteiger partial charge in [-0.25, -0.2) is 13.8 Å². The van der Waals surface area contributed by atoms with Gasteiger partial charge in [-0.15, -0.1) is 11.8 Å². The van der Waals surface area contributed by atoms with Crippen LogP contribution in [0.5, 0.6) is 0 Å². The summed E-state index contributed by atoms with van der Waals surface area (Å²) in [5.41, 5.74) is 6.31. The Bertz CT molecular complexity index is 1260. The Labute approximate surface area is 180 Å². The molecule has 4 aromatic rings. The number of anilines is 1. The Balaban J connectivity index is 1.42. The van der Waals surface area contributed by atoms with E-state index in [1.807, 2.05) is 35.0 Å². The summed E-state index contributed by atoms with van der Waals surface area (Å²) in [5, 5.41) is 2.33. The third-order valence-corrected chi connectivity index (χ3v) is 5.53. The van der Waals surface area contributed by atoms with Crippen LogP contribution in [0.15, 0.2) is 71.9 Å². The average Bonchev–Trinajstić information content (AvgIpc) is 3.17. The van der Waals surface area contributed by atoms with E-state index in [-0.39, 0.29) is 11.3 Å². The number of primary amides is 1. The molecule has 6 nitrogen and oxygen atoms in total. The molecule has 2 amide bonds. The van der Waals surface area contributed by atoms with E-state index in [1.54, 1.807) is 36.0 Å². The summed E-state index contributed by atoms with van der Waals surface area (Å²) in [6.45, 7) is 0. The summed E-state index contributed by atoms with van der Waals surface area (Å²) in [6, 6.07) is 13.9. The number of hydrogen-bond acceptors (Lipinski definition) is 4. The lowest BCUT2D eigenvalue weighted by molar-refractivity contribution is 0.0992. The molecule has 9 heteroatoms. The van der Waals surface area contributed by atoms with Gasteiger partial charge >= 0.3 is 0 Å². The number of halogens is 2. The number of carbonyl (C=O) groups excluding carboxylic acids is 2. The van der Waals surface area contributed by atoms with Crippen LogP contribution in [0.2, 0.25) is 0 Å². The highest BCUT2D eigenvalue weighted by molar-refractivity contribution is 7.98. The molecule has 3 N–H and O–H groups in total. The van der Waals surface area contributed by atoms with Crippen molar-refractivity contribution in [1.29, 1.82) is 0 Å². The zero-order chi connectivity index (χ0) is 22.0. The Morgan fingerprint density at radius 1 is 1.06 bits per heavy atom. The second kappa shape index (κ2) is 8.57. The van der Waals surface area contributed by atoms with Crippen LogP contribution < -0.4 is 11.1 Å². The van der Waals surface area contributed by atoms with E-state index in [4.69, 9.17) is 5.73 Å². The van der Waals surface area contributed by atoms with E-state index >= 15 is 0 Å². The first kappa shape index (κ1) is 20.5. The van der Waals surface area contributed by atoms with E-state index in [2.05, 4.69) is 10.3 Å². The molecular weight excluding hydrogens is 422 g/mol. The van der Waals surface area contributed by atoms with Gasteiger partial charge in [-0.2, -0.15) is 0 Å². The third kappa shape index (κ3) is 4.56. The van der Waals surface area contributed by atoms with Gasteiger partial charge in [0.25, 0.3) is 11.8 Å². The first-order valence-corrected chi connectivity index (χ1v) is 10.1. The maximum Gasteiger partial charge on any atom is 0.255 e. The molecule has 2 aromatic heterocycles. The highest BCUT2D eigenvalue weighted by atomic mass is 32.2. The van der Waals surface area contributed by atoms with Crippen molar-refractivity contribution in [2.45, 2.75) is 10.6 Å². The summed E-state index contributed by atoms with van der Waals surface area (Å²) >= 11 is 1.56. The average molecular weight is 438 g/mol. The fourth-order valence-electron chi connectivity index (χ4n) is 2.94. The smallest absolute Gasteiger partial charge is 0.255 e. The molecule has 2 aromatic carbocycles. The summed E-state index contributed by atoms with van der Waals surface area (Å²) in [5.74, 6) is -3.09.